The number of amides is 1. The van der Waals surface area contributed by atoms with Crippen LogP contribution in [0.3, 0.4) is 0 Å². The average Bonchev–Trinajstić information content (AvgIpc) is 2.99. The van der Waals surface area contributed by atoms with Crippen molar-refractivity contribution in [2.24, 2.45) is 11.3 Å². The second-order valence-corrected chi connectivity index (χ2v) is 13.3. The molecule has 1 unspecified atom stereocenters. The maximum absolute atomic E-state index is 13.3. The Bertz CT molecular complexity index is 1320. The van der Waals surface area contributed by atoms with Gasteiger partial charge < -0.3 is 29.1 Å². The molecule has 0 bridgehead atoms. The number of carbonyl (C=O) groups excluding carboxylic acids is 1. The van der Waals surface area contributed by atoms with Gasteiger partial charge in [0.15, 0.2) is 0 Å². The largest absolute Gasteiger partial charge is 0.497 e. The molecule has 224 valence electrons. The summed E-state index contributed by atoms with van der Waals surface area (Å²) in [5.41, 5.74) is 1.35. The lowest BCUT2D eigenvalue weighted by molar-refractivity contribution is -0.141. The van der Waals surface area contributed by atoms with Crippen molar-refractivity contribution in [3.63, 3.8) is 0 Å². The number of methoxy groups -OCH3 is 1. The molecule has 1 spiro atoms. The summed E-state index contributed by atoms with van der Waals surface area (Å²) in [5.74, 6) is 1.17. The average molecular weight is 588 g/mol. The van der Waals surface area contributed by atoms with Crippen molar-refractivity contribution in [3.8, 4) is 22.6 Å². The first-order chi connectivity index (χ1) is 19.7. The number of aliphatic hydroxyl groups excluding tert-OH is 1. The highest BCUT2D eigenvalue weighted by atomic mass is 32.2. The summed E-state index contributed by atoms with van der Waals surface area (Å²) in [4.78, 5) is 17.2. The minimum Gasteiger partial charge on any atom is -0.497 e. The number of β-amino-alcohol motifs (C(OH)–C–C–N with tert-alkyl or cyclic N) is 1. The number of fused-ring (bicyclic) bond motifs is 1. The Morgan fingerprint density at radius 1 is 1.10 bits per heavy atom. The van der Waals surface area contributed by atoms with Gasteiger partial charge in [0.25, 0.3) is 0 Å². The predicted octanol–water partition coefficient (Wildman–Crippen LogP) is 2.36. The molecule has 10 nitrogen and oxygen atoms in total. The van der Waals surface area contributed by atoms with E-state index in [-0.39, 0.29) is 41.0 Å². The van der Waals surface area contributed by atoms with E-state index in [1.54, 1.807) is 25.3 Å². The number of likely N-dealkylation sites (tertiary alicyclic amines) is 1. The van der Waals surface area contributed by atoms with E-state index in [4.69, 9.17) is 14.2 Å². The van der Waals surface area contributed by atoms with Crippen molar-refractivity contribution in [2.45, 2.75) is 36.7 Å². The smallest absolute Gasteiger partial charge is 0.244 e. The van der Waals surface area contributed by atoms with Crippen LogP contribution in [0.1, 0.15) is 25.7 Å². The number of nitrogens with one attached hydrogen (secondary N) is 1. The zero-order valence-electron chi connectivity index (χ0n) is 23.9. The van der Waals surface area contributed by atoms with Gasteiger partial charge in [0.2, 0.25) is 15.9 Å². The van der Waals surface area contributed by atoms with Crippen LogP contribution in [0.25, 0.3) is 11.1 Å². The van der Waals surface area contributed by atoms with E-state index >= 15 is 0 Å². The third-order valence-electron chi connectivity index (χ3n) is 8.51. The Labute approximate surface area is 242 Å². The second kappa shape index (κ2) is 12.7. The van der Waals surface area contributed by atoms with E-state index in [0.29, 0.717) is 45.1 Å². The number of aliphatic hydroxyl groups is 1. The standard InChI is InChI=1S/C30H41N3O7S/c1-32-19-25(34)18-31-41(36,37)28-7-6-24(23-4-3-5-26(16-23)38-2)17-27(28)40-21-30(20-32)10-12-33(13-11-30)29(35)22-8-14-39-15-9-22/h3-7,16-17,22,25,31,34H,8-15,18-21H2,1-2H3. The van der Waals surface area contributed by atoms with Gasteiger partial charge in [0, 0.05) is 57.3 Å². The molecule has 2 aromatic carbocycles. The van der Waals surface area contributed by atoms with Gasteiger partial charge in [-0.15, -0.1) is 0 Å². The van der Waals surface area contributed by atoms with E-state index in [2.05, 4.69) is 4.72 Å². The zero-order chi connectivity index (χ0) is 29.0. The van der Waals surface area contributed by atoms with Crippen LogP contribution in [-0.2, 0) is 19.6 Å². The molecule has 0 radical (unpaired) electrons. The summed E-state index contributed by atoms with van der Waals surface area (Å²) >= 11 is 0. The van der Waals surface area contributed by atoms with Crippen molar-refractivity contribution in [3.05, 3.63) is 42.5 Å². The molecule has 3 heterocycles. The molecule has 41 heavy (non-hydrogen) atoms. The van der Waals surface area contributed by atoms with Crippen molar-refractivity contribution in [1.29, 1.82) is 0 Å². The second-order valence-electron chi connectivity index (χ2n) is 11.6. The van der Waals surface area contributed by atoms with E-state index in [1.165, 1.54) is 0 Å². The third-order valence-corrected chi connectivity index (χ3v) is 9.98. The van der Waals surface area contributed by atoms with Crippen LogP contribution >= 0.6 is 0 Å². The predicted molar refractivity (Wildman–Crippen MR) is 154 cm³/mol. The summed E-state index contributed by atoms with van der Waals surface area (Å²) in [7, 11) is -0.414. The van der Waals surface area contributed by atoms with Crippen molar-refractivity contribution < 1.29 is 32.5 Å². The topological polar surface area (TPSA) is 118 Å². The van der Waals surface area contributed by atoms with E-state index < -0.39 is 16.1 Å². The Balaban J connectivity index is 1.43. The van der Waals surface area contributed by atoms with E-state index in [1.807, 2.05) is 41.1 Å². The van der Waals surface area contributed by atoms with Gasteiger partial charge in [-0.25, -0.2) is 13.1 Å². The number of ether oxygens (including phenoxy) is 3. The maximum Gasteiger partial charge on any atom is 0.244 e. The van der Waals surface area contributed by atoms with E-state index in [0.717, 1.165) is 36.8 Å². The van der Waals surface area contributed by atoms with Gasteiger partial charge in [-0.05, 0) is 68.1 Å². The SMILES string of the molecule is COc1cccc(-c2ccc3c(c2)OCC2(CCN(C(=O)C4CCOCC4)CC2)CN(C)CC(O)CNS3(=O)=O)c1. The summed E-state index contributed by atoms with van der Waals surface area (Å²) in [6.45, 7) is 3.64. The summed E-state index contributed by atoms with van der Waals surface area (Å²) < 4.78 is 46.5. The van der Waals surface area contributed by atoms with Crippen LogP contribution in [0.15, 0.2) is 47.4 Å². The summed E-state index contributed by atoms with van der Waals surface area (Å²) in [5, 5.41) is 10.7. The fraction of sp³-hybridized carbons (Fsp3) is 0.567. The monoisotopic (exact) mass is 587 g/mol. The Morgan fingerprint density at radius 3 is 2.56 bits per heavy atom. The van der Waals surface area contributed by atoms with Gasteiger partial charge in [0.05, 0.1) is 19.8 Å². The maximum atomic E-state index is 13.3. The molecule has 5 rings (SSSR count). The molecule has 0 aliphatic carbocycles. The zero-order valence-corrected chi connectivity index (χ0v) is 24.7. The molecule has 0 saturated carbocycles. The number of hydrogen-bond donors (Lipinski definition) is 2. The molecule has 3 aliphatic rings. The Hall–Kier alpha value is -2.70. The molecule has 11 heteroatoms. The highest BCUT2D eigenvalue weighted by Crippen LogP contribution is 2.37. The minimum atomic E-state index is -3.95. The molecule has 3 aliphatic heterocycles. The summed E-state index contributed by atoms with van der Waals surface area (Å²) in [6, 6.07) is 12.6. The van der Waals surface area contributed by atoms with Gasteiger partial charge in [-0.2, -0.15) is 0 Å². The van der Waals surface area contributed by atoms with Crippen LogP contribution in [0.5, 0.6) is 11.5 Å². The van der Waals surface area contributed by atoms with E-state index in [9.17, 15) is 18.3 Å². The fourth-order valence-corrected chi connectivity index (χ4v) is 7.35. The van der Waals surface area contributed by atoms with Crippen molar-refractivity contribution in [1.82, 2.24) is 14.5 Å². The number of hydrogen-bond acceptors (Lipinski definition) is 8. The number of sulfonamides is 1. The Kier molecular flexibility index (Phi) is 9.20. The summed E-state index contributed by atoms with van der Waals surface area (Å²) in [6.07, 6.45) is 2.09. The van der Waals surface area contributed by atoms with Crippen LogP contribution in [-0.4, -0.2) is 102 Å². The molecule has 0 aromatic heterocycles. The lowest BCUT2D eigenvalue weighted by atomic mass is 9.78. The quantitative estimate of drug-likeness (QED) is 0.562. The number of piperidine rings is 1. The highest BCUT2D eigenvalue weighted by Gasteiger charge is 2.40. The van der Waals surface area contributed by atoms with Crippen LogP contribution in [0.2, 0.25) is 0 Å². The molecule has 1 amide bonds. The van der Waals surface area contributed by atoms with Crippen molar-refractivity contribution in [2.75, 3.05) is 66.7 Å². The first-order valence-electron chi connectivity index (χ1n) is 14.3. The van der Waals surface area contributed by atoms with Crippen LogP contribution in [0, 0.1) is 11.3 Å². The normalized spacial score (nSPS) is 24.0. The van der Waals surface area contributed by atoms with Crippen LogP contribution in [0.4, 0.5) is 0 Å². The molecule has 1 atom stereocenters. The van der Waals surface area contributed by atoms with Crippen molar-refractivity contribution >= 4 is 15.9 Å². The number of carbonyl (C=O) groups is 1. The van der Waals surface area contributed by atoms with Gasteiger partial charge in [-0.3, -0.25) is 4.79 Å². The first-order valence-corrected chi connectivity index (χ1v) is 15.8. The lowest BCUT2D eigenvalue weighted by Gasteiger charge is -2.44. The molecular weight excluding hydrogens is 546 g/mol. The number of likely N-dealkylation sites (N-methyl/N-ethyl adjacent to an activating group) is 1. The molecule has 2 aromatic rings. The third kappa shape index (κ3) is 7.03. The fourth-order valence-electron chi connectivity index (χ4n) is 6.15. The van der Waals surface area contributed by atoms with Gasteiger partial charge in [-0.1, -0.05) is 18.2 Å². The molecular formula is C30H41N3O7S. The Morgan fingerprint density at radius 2 is 1.83 bits per heavy atom. The van der Waals surface area contributed by atoms with Crippen LogP contribution < -0.4 is 14.2 Å². The van der Waals surface area contributed by atoms with Gasteiger partial charge in [0.1, 0.15) is 16.4 Å². The number of benzene rings is 2. The molecule has 2 fully saturated rings. The van der Waals surface area contributed by atoms with Gasteiger partial charge >= 0.3 is 0 Å². The molecule has 2 N–H and O–H groups in total. The minimum absolute atomic E-state index is 0.0165. The first kappa shape index (κ1) is 29.8. The molecule has 2 saturated heterocycles. The number of nitrogens with zero attached hydrogens (tertiary/aromatic N) is 2. The lowest BCUT2D eigenvalue weighted by Crippen LogP contribution is -2.52. The highest BCUT2D eigenvalue weighted by molar-refractivity contribution is 7.89. The number of rotatable bonds is 3.